The molecule has 0 fully saturated rings. The number of hydrogen-bond acceptors (Lipinski definition) is 4. The van der Waals surface area contributed by atoms with Gasteiger partial charge in [0.1, 0.15) is 18.2 Å². The normalized spacial score (nSPS) is 10.4. The van der Waals surface area contributed by atoms with E-state index in [4.69, 9.17) is 27.9 Å². The topological polar surface area (TPSA) is 47.0 Å². The molecule has 6 heteroatoms. The molecule has 2 rings (SSSR count). The van der Waals surface area contributed by atoms with Crippen molar-refractivity contribution in [1.82, 2.24) is 9.97 Å². The second-order valence-corrected chi connectivity index (χ2v) is 5.05. The van der Waals surface area contributed by atoms with Gasteiger partial charge in [-0.3, -0.25) is 0 Å². The molecule has 106 valence electrons. The monoisotopic (exact) mass is 311 g/mol. The Balaban J connectivity index is 2.12. The number of nitrogens with zero attached hydrogens (tertiary/aromatic N) is 2. The van der Waals surface area contributed by atoms with Crippen LogP contribution in [0, 0.1) is 6.92 Å². The van der Waals surface area contributed by atoms with Gasteiger partial charge in [-0.1, -0.05) is 23.2 Å². The van der Waals surface area contributed by atoms with Gasteiger partial charge in [-0.05, 0) is 26.0 Å². The molecule has 0 spiro atoms. The number of rotatable bonds is 5. The summed E-state index contributed by atoms with van der Waals surface area (Å²) in [6.45, 7) is 4.97. The van der Waals surface area contributed by atoms with Crippen LogP contribution in [0.2, 0.25) is 10.0 Å². The van der Waals surface area contributed by atoms with E-state index in [1.165, 1.54) is 0 Å². The third-order valence-corrected chi connectivity index (χ3v) is 3.06. The summed E-state index contributed by atoms with van der Waals surface area (Å²) in [7, 11) is 0. The van der Waals surface area contributed by atoms with Gasteiger partial charge in [0.15, 0.2) is 5.82 Å². The first-order chi connectivity index (χ1) is 9.58. The van der Waals surface area contributed by atoms with Crippen molar-refractivity contribution in [2.45, 2.75) is 20.5 Å². The van der Waals surface area contributed by atoms with E-state index in [1.54, 1.807) is 18.2 Å². The summed E-state index contributed by atoms with van der Waals surface area (Å²) in [5.74, 6) is 1.90. The molecule has 1 aromatic carbocycles. The van der Waals surface area contributed by atoms with Crippen LogP contribution >= 0.6 is 23.2 Å². The number of nitrogens with one attached hydrogen (secondary N) is 1. The molecule has 1 N–H and O–H groups in total. The third-order valence-electron chi connectivity index (χ3n) is 2.51. The molecule has 0 atom stereocenters. The Kier molecular flexibility index (Phi) is 5.04. The summed E-state index contributed by atoms with van der Waals surface area (Å²) in [6, 6.07) is 6.97. The van der Waals surface area contributed by atoms with Crippen molar-refractivity contribution in [2.24, 2.45) is 0 Å². The Morgan fingerprint density at radius 2 is 2.00 bits per heavy atom. The van der Waals surface area contributed by atoms with Crippen molar-refractivity contribution in [3.63, 3.8) is 0 Å². The Hall–Kier alpha value is -1.52. The van der Waals surface area contributed by atoms with Crippen LogP contribution in [-0.2, 0) is 6.61 Å². The molecule has 20 heavy (non-hydrogen) atoms. The van der Waals surface area contributed by atoms with E-state index in [9.17, 15) is 0 Å². The molecule has 0 unspecified atom stereocenters. The van der Waals surface area contributed by atoms with Crippen molar-refractivity contribution >= 4 is 29.0 Å². The molecule has 1 heterocycles. The highest BCUT2D eigenvalue weighted by Gasteiger charge is 2.06. The predicted octanol–water partition coefficient (Wildman–Crippen LogP) is 4.10. The standard InChI is InChI=1S/C14H15Cl2N3O/c1-3-17-13-6-9(2)18-14(19-13)8-20-12-7-10(15)4-5-11(12)16/h4-7H,3,8H2,1-2H3,(H,17,18,19). The SMILES string of the molecule is CCNc1cc(C)nc(COc2cc(Cl)ccc2Cl)n1. The molecule has 0 aliphatic heterocycles. The summed E-state index contributed by atoms with van der Waals surface area (Å²) >= 11 is 11.9. The van der Waals surface area contributed by atoms with Gasteiger partial charge in [0, 0.05) is 29.4 Å². The lowest BCUT2D eigenvalue weighted by Crippen LogP contribution is -2.07. The Morgan fingerprint density at radius 1 is 1.20 bits per heavy atom. The van der Waals surface area contributed by atoms with Crippen LogP contribution in [-0.4, -0.2) is 16.5 Å². The molecule has 0 aliphatic rings. The minimum atomic E-state index is 0.236. The van der Waals surface area contributed by atoms with Crippen molar-refractivity contribution in [1.29, 1.82) is 0 Å². The van der Waals surface area contributed by atoms with Crippen LogP contribution < -0.4 is 10.1 Å². The lowest BCUT2D eigenvalue weighted by molar-refractivity contribution is 0.296. The fraction of sp³-hybridized carbons (Fsp3) is 0.286. The second-order valence-electron chi connectivity index (χ2n) is 4.20. The van der Waals surface area contributed by atoms with Gasteiger partial charge in [0.05, 0.1) is 5.02 Å². The van der Waals surface area contributed by atoms with Gasteiger partial charge < -0.3 is 10.1 Å². The first kappa shape index (κ1) is 14.9. The van der Waals surface area contributed by atoms with Gasteiger partial charge in [-0.2, -0.15) is 0 Å². The Morgan fingerprint density at radius 3 is 2.75 bits per heavy atom. The van der Waals surface area contributed by atoms with Crippen molar-refractivity contribution in [3.05, 3.63) is 45.8 Å². The highest BCUT2D eigenvalue weighted by atomic mass is 35.5. The van der Waals surface area contributed by atoms with Gasteiger partial charge in [0.25, 0.3) is 0 Å². The molecule has 2 aromatic rings. The van der Waals surface area contributed by atoms with Crippen LogP contribution in [0.4, 0.5) is 5.82 Å². The van der Waals surface area contributed by atoms with Crippen LogP contribution in [0.3, 0.4) is 0 Å². The van der Waals surface area contributed by atoms with Crippen LogP contribution in [0.25, 0.3) is 0 Å². The number of aryl methyl sites for hydroxylation is 1. The molecule has 0 aliphatic carbocycles. The Labute approximate surface area is 128 Å². The largest absolute Gasteiger partial charge is 0.484 e. The highest BCUT2D eigenvalue weighted by molar-refractivity contribution is 6.34. The lowest BCUT2D eigenvalue weighted by Gasteiger charge is -2.09. The fourth-order valence-corrected chi connectivity index (χ4v) is 2.03. The summed E-state index contributed by atoms with van der Waals surface area (Å²) in [5.41, 5.74) is 0.881. The summed E-state index contributed by atoms with van der Waals surface area (Å²) in [6.07, 6.45) is 0. The summed E-state index contributed by atoms with van der Waals surface area (Å²) in [4.78, 5) is 8.70. The number of aromatic nitrogens is 2. The first-order valence-corrected chi connectivity index (χ1v) is 7.00. The molecule has 0 amide bonds. The maximum absolute atomic E-state index is 6.04. The van der Waals surface area contributed by atoms with E-state index in [1.807, 2.05) is 19.9 Å². The molecule has 0 radical (unpaired) electrons. The summed E-state index contributed by atoms with van der Waals surface area (Å²) < 4.78 is 5.62. The average molecular weight is 312 g/mol. The number of halogens is 2. The van der Waals surface area contributed by atoms with Gasteiger partial charge in [0.2, 0.25) is 0 Å². The number of ether oxygens (including phenoxy) is 1. The Bertz CT molecular complexity index is 605. The van der Waals surface area contributed by atoms with Gasteiger partial charge in [-0.15, -0.1) is 0 Å². The number of hydrogen-bond donors (Lipinski definition) is 1. The first-order valence-electron chi connectivity index (χ1n) is 6.24. The minimum Gasteiger partial charge on any atom is -0.484 e. The quantitative estimate of drug-likeness (QED) is 0.903. The van der Waals surface area contributed by atoms with E-state index in [0.29, 0.717) is 21.6 Å². The maximum atomic E-state index is 6.04. The van der Waals surface area contributed by atoms with E-state index >= 15 is 0 Å². The fourth-order valence-electron chi connectivity index (χ4n) is 1.70. The molecule has 0 saturated carbocycles. The van der Waals surface area contributed by atoms with E-state index in [-0.39, 0.29) is 6.61 Å². The maximum Gasteiger partial charge on any atom is 0.168 e. The van der Waals surface area contributed by atoms with Crippen LogP contribution in [0.15, 0.2) is 24.3 Å². The zero-order chi connectivity index (χ0) is 14.5. The summed E-state index contributed by atoms with van der Waals surface area (Å²) in [5, 5.41) is 4.23. The zero-order valence-corrected chi connectivity index (χ0v) is 12.8. The lowest BCUT2D eigenvalue weighted by atomic mass is 10.3. The van der Waals surface area contributed by atoms with E-state index in [2.05, 4.69) is 15.3 Å². The molecule has 0 bridgehead atoms. The number of benzene rings is 1. The molecule has 4 nitrogen and oxygen atoms in total. The number of anilines is 1. The predicted molar refractivity (Wildman–Crippen MR) is 81.7 cm³/mol. The molecule has 0 saturated heterocycles. The minimum absolute atomic E-state index is 0.236. The molecular weight excluding hydrogens is 297 g/mol. The van der Waals surface area contributed by atoms with Crippen LogP contribution in [0.5, 0.6) is 5.75 Å². The van der Waals surface area contributed by atoms with E-state index in [0.717, 1.165) is 18.1 Å². The van der Waals surface area contributed by atoms with Crippen molar-refractivity contribution in [3.8, 4) is 5.75 Å². The third kappa shape index (κ3) is 3.99. The average Bonchev–Trinajstić information content (AvgIpc) is 2.40. The molecule has 1 aromatic heterocycles. The van der Waals surface area contributed by atoms with Crippen LogP contribution in [0.1, 0.15) is 18.4 Å². The van der Waals surface area contributed by atoms with Crippen molar-refractivity contribution in [2.75, 3.05) is 11.9 Å². The van der Waals surface area contributed by atoms with Crippen molar-refractivity contribution < 1.29 is 4.74 Å². The van der Waals surface area contributed by atoms with E-state index < -0.39 is 0 Å². The highest BCUT2D eigenvalue weighted by Crippen LogP contribution is 2.28. The second kappa shape index (κ2) is 6.77. The zero-order valence-electron chi connectivity index (χ0n) is 11.3. The van der Waals surface area contributed by atoms with Gasteiger partial charge >= 0.3 is 0 Å². The molecular formula is C14H15Cl2N3O. The van der Waals surface area contributed by atoms with Gasteiger partial charge in [-0.25, -0.2) is 9.97 Å². The smallest absolute Gasteiger partial charge is 0.168 e.